The van der Waals surface area contributed by atoms with Crippen molar-refractivity contribution in [2.75, 3.05) is 19.6 Å². The van der Waals surface area contributed by atoms with Gasteiger partial charge in [-0.15, -0.1) is 0 Å². The van der Waals surface area contributed by atoms with Gasteiger partial charge in [0.2, 0.25) is 5.91 Å². The van der Waals surface area contributed by atoms with E-state index in [0.29, 0.717) is 18.5 Å². The van der Waals surface area contributed by atoms with Gasteiger partial charge in [0.1, 0.15) is 0 Å². The van der Waals surface area contributed by atoms with Crippen molar-refractivity contribution in [2.24, 2.45) is 0 Å². The van der Waals surface area contributed by atoms with E-state index in [9.17, 15) is 4.79 Å². The van der Waals surface area contributed by atoms with Gasteiger partial charge in [-0.05, 0) is 12.8 Å². The smallest absolute Gasteiger partial charge is 0.236 e. The summed E-state index contributed by atoms with van der Waals surface area (Å²) in [6.07, 6.45) is 5.07. The Morgan fingerprint density at radius 3 is 2.75 bits per heavy atom. The molecular weight excluding hydrogens is 152 g/mol. The lowest BCUT2D eigenvalue weighted by Gasteiger charge is -2.32. The highest BCUT2D eigenvalue weighted by Gasteiger charge is 2.27. The van der Waals surface area contributed by atoms with Gasteiger partial charge in [-0.3, -0.25) is 4.79 Å². The Hall–Kier alpha value is -0.570. The number of carbonyl (C=O) groups is 1. The van der Waals surface area contributed by atoms with Crippen LogP contribution in [-0.4, -0.2) is 36.5 Å². The van der Waals surface area contributed by atoms with Crippen LogP contribution in [0.3, 0.4) is 0 Å². The van der Waals surface area contributed by atoms with E-state index in [2.05, 4.69) is 10.2 Å². The van der Waals surface area contributed by atoms with E-state index in [1.807, 2.05) is 0 Å². The molecule has 12 heavy (non-hydrogen) atoms. The number of hydrogen-bond donors (Lipinski definition) is 1. The molecule has 2 aliphatic rings. The van der Waals surface area contributed by atoms with E-state index < -0.39 is 0 Å². The molecule has 1 aliphatic carbocycles. The van der Waals surface area contributed by atoms with Crippen LogP contribution in [0.5, 0.6) is 0 Å². The molecule has 0 aromatic rings. The minimum Gasteiger partial charge on any atom is -0.337 e. The molecule has 1 amide bonds. The number of carbonyl (C=O) groups excluding carboxylic acids is 1. The monoisotopic (exact) mass is 168 g/mol. The van der Waals surface area contributed by atoms with Gasteiger partial charge in [0.15, 0.2) is 0 Å². The Bertz CT molecular complexity index is 175. The maximum Gasteiger partial charge on any atom is 0.236 e. The molecule has 1 heterocycles. The lowest BCUT2D eigenvalue weighted by atomic mass is 10.2. The van der Waals surface area contributed by atoms with Crippen LogP contribution in [0.25, 0.3) is 0 Å². The van der Waals surface area contributed by atoms with E-state index in [4.69, 9.17) is 0 Å². The summed E-state index contributed by atoms with van der Waals surface area (Å²) in [5, 5.41) is 3.10. The summed E-state index contributed by atoms with van der Waals surface area (Å²) in [4.78, 5) is 13.5. The third-order valence-corrected chi connectivity index (χ3v) is 2.89. The van der Waals surface area contributed by atoms with Crippen molar-refractivity contribution in [1.82, 2.24) is 10.2 Å². The molecule has 0 aromatic heterocycles. The first-order valence-electron chi connectivity index (χ1n) is 4.88. The van der Waals surface area contributed by atoms with Gasteiger partial charge in [0.25, 0.3) is 0 Å². The second-order valence-electron chi connectivity index (χ2n) is 3.70. The first-order valence-corrected chi connectivity index (χ1v) is 4.88. The first-order chi connectivity index (χ1) is 5.88. The molecule has 0 bridgehead atoms. The van der Waals surface area contributed by atoms with Crippen LogP contribution in [0.15, 0.2) is 0 Å². The summed E-state index contributed by atoms with van der Waals surface area (Å²) in [6, 6.07) is 0.569. The zero-order valence-corrected chi connectivity index (χ0v) is 7.38. The maximum absolute atomic E-state index is 11.4. The van der Waals surface area contributed by atoms with E-state index in [-0.39, 0.29) is 0 Å². The minimum atomic E-state index is 0.299. The predicted octanol–water partition coefficient (Wildman–Crippen LogP) is 0.361. The Morgan fingerprint density at radius 2 is 2.08 bits per heavy atom. The fourth-order valence-electron chi connectivity index (χ4n) is 2.22. The van der Waals surface area contributed by atoms with Crippen molar-refractivity contribution in [3.8, 4) is 0 Å². The molecule has 3 heteroatoms. The zero-order chi connectivity index (χ0) is 8.39. The second kappa shape index (κ2) is 3.44. The van der Waals surface area contributed by atoms with Gasteiger partial charge in [0.05, 0.1) is 6.54 Å². The van der Waals surface area contributed by atoms with Crippen molar-refractivity contribution in [3.05, 3.63) is 0 Å². The summed E-state index contributed by atoms with van der Waals surface area (Å²) in [6.45, 7) is 2.45. The van der Waals surface area contributed by atoms with Crippen LogP contribution >= 0.6 is 0 Å². The molecule has 0 radical (unpaired) electrons. The fraction of sp³-hybridized carbons (Fsp3) is 0.889. The Kier molecular flexibility index (Phi) is 2.30. The average molecular weight is 168 g/mol. The van der Waals surface area contributed by atoms with E-state index in [0.717, 1.165) is 13.1 Å². The average Bonchev–Trinajstić information content (AvgIpc) is 2.57. The molecule has 0 unspecified atom stereocenters. The molecule has 1 N–H and O–H groups in total. The number of piperazine rings is 1. The van der Waals surface area contributed by atoms with Crippen LogP contribution in [0.1, 0.15) is 25.7 Å². The van der Waals surface area contributed by atoms with Crippen LogP contribution in [0.4, 0.5) is 0 Å². The standard InChI is InChI=1S/C9H16N2O/c12-9-7-10-5-6-11(9)8-3-1-2-4-8/h8,10H,1-7H2. The Balaban J connectivity index is 1.95. The number of rotatable bonds is 1. The molecule has 1 saturated carbocycles. The Morgan fingerprint density at radius 1 is 1.33 bits per heavy atom. The largest absolute Gasteiger partial charge is 0.337 e. The third-order valence-electron chi connectivity index (χ3n) is 2.89. The van der Waals surface area contributed by atoms with Crippen LogP contribution < -0.4 is 5.32 Å². The topological polar surface area (TPSA) is 32.3 Å². The molecule has 0 spiro atoms. The van der Waals surface area contributed by atoms with Crippen LogP contribution in [-0.2, 0) is 4.79 Å². The van der Waals surface area contributed by atoms with Crippen molar-refractivity contribution < 1.29 is 4.79 Å². The van der Waals surface area contributed by atoms with Crippen molar-refractivity contribution >= 4 is 5.91 Å². The predicted molar refractivity (Wildman–Crippen MR) is 46.8 cm³/mol. The van der Waals surface area contributed by atoms with Gasteiger partial charge in [-0.25, -0.2) is 0 Å². The maximum atomic E-state index is 11.4. The normalized spacial score (nSPS) is 26.7. The van der Waals surface area contributed by atoms with Gasteiger partial charge < -0.3 is 10.2 Å². The summed E-state index contributed by atoms with van der Waals surface area (Å²) < 4.78 is 0. The van der Waals surface area contributed by atoms with Crippen molar-refractivity contribution in [2.45, 2.75) is 31.7 Å². The molecule has 1 aliphatic heterocycles. The summed E-state index contributed by atoms with van der Waals surface area (Å²) >= 11 is 0. The first kappa shape index (κ1) is 8.05. The molecule has 0 atom stereocenters. The third kappa shape index (κ3) is 1.46. The zero-order valence-electron chi connectivity index (χ0n) is 7.38. The molecule has 2 rings (SSSR count). The molecule has 3 nitrogen and oxygen atoms in total. The van der Waals surface area contributed by atoms with Crippen LogP contribution in [0, 0.1) is 0 Å². The molecule has 0 aromatic carbocycles. The quantitative estimate of drug-likeness (QED) is 0.613. The van der Waals surface area contributed by atoms with Gasteiger partial charge in [-0.2, -0.15) is 0 Å². The summed E-state index contributed by atoms with van der Waals surface area (Å²) in [7, 11) is 0. The summed E-state index contributed by atoms with van der Waals surface area (Å²) in [5.74, 6) is 0.299. The van der Waals surface area contributed by atoms with Gasteiger partial charge >= 0.3 is 0 Å². The van der Waals surface area contributed by atoms with E-state index in [1.165, 1.54) is 25.7 Å². The number of hydrogen-bond acceptors (Lipinski definition) is 2. The minimum absolute atomic E-state index is 0.299. The number of nitrogens with zero attached hydrogens (tertiary/aromatic N) is 1. The molecule has 2 fully saturated rings. The van der Waals surface area contributed by atoms with Crippen molar-refractivity contribution in [3.63, 3.8) is 0 Å². The lowest BCUT2D eigenvalue weighted by Crippen LogP contribution is -2.51. The summed E-state index contributed by atoms with van der Waals surface area (Å²) in [5.41, 5.74) is 0. The van der Waals surface area contributed by atoms with E-state index >= 15 is 0 Å². The number of amides is 1. The highest BCUT2D eigenvalue weighted by molar-refractivity contribution is 5.79. The van der Waals surface area contributed by atoms with Crippen LogP contribution in [0.2, 0.25) is 0 Å². The molecule has 68 valence electrons. The Labute approximate surface area is 73.1 Å². The van der Waals surface area contributed by atoms with Crippen molar-refractivity contribution in [1.29, 1.82) is 0 Å². The van der Waals surface area contributed by atoms with Gasteiger partial charge in [-0.1, -0.05) is 12.8 Å². The highest BCUT2D eigenvalue weighted by atomic mass is 16.2. The molecular formula is C9H16N2O. The molecule has 1 saturated heterocycles. The number of nitrogens with one attached hydrogen (secondary N) is 1. The van der Waals surface area contributed by atoms with E-state index in [1.54, 1.807) is 0 Å². The second-order valence-corrected chi connectivity index (χ2v) is 3.70. The fourth-order valence-corrected chi connectivity index (χ4v) is 2.22. The van der Waals surface area contributed by atoms with Gasteiger partial charge in [0, 0.05) is 19.1 Å². The highest BCUT2D eigenvalue weighted by Crippen LogP contribution is 2.23. The lowest BCUT2D eigenvalue weighted by molar-refractivity contribution is -0.134. The SMILES string of the molecule is O=C1CNCCN1C1CCCC1.